The van der Waals surface area contributed by atoms with E-state index in [9.17, 15) is 10.1 Å². The highest BCUT2D eigenvalue weighted by molar-refractivity contribution is 9.10. The van der Waals surface area contributed by atoms with E-state index < -0.39 is 5.91 Å². The van der Waals surface area contributed by atoms with Gasteiger partial charge in [0, 0.05) is 16.9 Å². The maximum atomic E-state index is 12.4. The minimum absolute atomic E-state index is 0.0150. The predicted molar refractivity (Wildman–Crippen MR) is 111 cm³/mol. The van der Waals surface area contributed by atoms with Gasteiger partial charge in [0.05, 0.1) is 5.69 Å². The summed E-state index contributed by atoms with van der Waals surface area (Å²) >= 11 is 3.37. The highest BCUT2D eigenvalue weighted by Gasteiger charge is 2.11. The first-order chi connectivity index (χ1) is 13.7. The number of ether oxygens (including phenoxy) is 1. The summed E-state index contributed by atoms with van der Waals surface area (Å²) in [6.45, 7) is 0.440. The van der Waals surface area contributed by atoms with Crippen LogP contribution >= 0.6 is 15.9 Å². The molecular formula is C22H16BrN3O2. The lowest BCUT2D eigenvalue weighted by atomic mass is 10.1. The molecule has 0 aliphatic carbocycles. The molecule has 138 valence electrons. The van der Waals surface area contributed by atoms with Gasteiger partial charge in [-0.05, 0) is 69.5 Å². The number of hydrogen-bond acceptors (Lipinski definition) is 4. The van der Waals surface area contributed by atoms with Crippen molar-refractivity contribution in [2.45, 2.75) is 6.61 Å². The SMILES string of the molecule is N#C/C(=C\c1ccc(OCc2ccncc2)cc1)C(=O)Nc1ccccc1Br. The summed E-state index contributed by atoms with van der Waals surface area (Å²) in [4.78, 5) is 16.3. The normalized spacial score (nSPS) is 10.8. The molecule has 0 atom stereocenters. The molecule has 3 rings (SSSR count). The highest BCUT2D eigenvalue weighted by atomic mass is 79.9. The molecule has 0 aliphatic heterocycles. The molecule has 6 heteroatoms. The number of aromatic nitrogens is 1. The minimum atomic E-state index is -0.465. The Morgan fingerprint density at radius 3 is 2.50 bits per heavy atom. The van der Waals surface area contributed by atoms with E-state index in [2.05, 4.69) is 26.2 Å². The van der Waals surface area contributed by atoms with Crippen molar-refractivity contribution in [3.63, 3.8) is 0 Å². The van der Waals surface area contributed by atoms with Gasteiger partial charge in [-0.15, -0.1) is 0 Å². The van der Waals surface area contributed by atoms with Crippen molar-refractivity contribution in [1.82, 2.24) is 4.98 Å². The number of halogens is 1. The van der Waals surface area contributed by atoms with Crippen LogP contribution in [-0.2, 0) is 11.4 Å². The van der Waals surface area contributed by atoms with E-state index in [4.69, 9.17) is 4.74 Å². The zero-order chi connectivity index (χ0) is 19.8. The summed E-state index contributed by atoms with van der Waals surface area (Å²) in [6.07, 6.45) is 4.98. The van der Waals surface area contributed by atoms with Crippen LogP contribution in [0.5, 0.6) is 5.75 Å². The van der Waals surface area contributed by atoms with Crippen molar-refractivity contribution in [3.8, 4) is 11.8 Å². The van der Waals surface area contributed by atoms with E-state index in [1.807, 2.05) is 30.3 Å². The zero-order valence-corrected chi connectivity index (χ0v) is 16.4. The second-order valence-corrected chi connectivity index (χ2v) is 6.67. The summed E-state index contributed by atoms with van der Waals surface area (Å²) < 4.78 is 6.47. The second kappa shape index (κ2) is 9.49. The molecule has 5 nitrogen and oxygen atoms in total. The maximum absolute atomic E-state index is 12.4. The van der Waals surface area contributed by atoms with Crippen molar-refractivity contribution in [3.05, 3.63) is 94.2 Å². The predicted octanol–water partition coefficient (Wildman–Crippen LogP) is 4.97. The Kier molecular flexibility index (Phi) is 6.55. The Morgan fingerprint density at radius 2 is 1.82 bits per heavy atom. The number of para-hydroxylation sites is 1. The van der Waals surface area contributed by atoms with Gasteiger partial charge in [0.2, 0.25) is 0 Å². The molecule has 0 aliphatic rings. The Hall–Kier alpha value is -3.43. The molecular weight excluding hydrogens is 418 g/mol. The van der Waals surface area contributed by atoms with Gasteiger partial charge in [0.25, 0.3) is 5.91 Å². The summed E-state index contributed by atoms with van der Waals surface area (Å²) in [5, 5.41) is 12.1. The van der Waals surface area contributed by atoms with Gasteiger partial charge in [-0.2, -0.15) is 5.26 Å². The molecule has 1 N–H and O–H groups in total. The van der Waals surface area contributed by atoms with Gasteiger partial charge in [0.15, 0.2) is 0 Å². The van der Waals surface area contributed by atoms with Crippen molar-refractivity contribution < 1.29 is 9.53 Å². The molecule has 28 heavy (non-hydrogen) atoms. The molecule has 0 fully saturated rings. The van der Waals surface area contributed by atoms with Gasteiger partial charge < -0.3 is 10.1 Å². The maximum Gasteiger partial charge on any atom is 0.266 e. The largest absolute Gasteiger partial charge is 0.489 e. The molecule has 0 radical (unpaired) electrons. The Balaban J connectivity index is 1.66. The van der Waals surface area contributed by atoms with Crippen LogP contribution in [0.1, 0.15) is 11.1 Å². The molecule has 3 aromatic rings. The van der Waals surface area contributed by atoms with Gasteiger partial charge in [0.1, 0.15) is 24.0 Å². The molecule has 2 aromatic carbocycles. The molecule has 0 spiro atoms. The standard InChI is InChI=1S/C22H16BrN3O2/c23-20-3-1-2-4-21(20)26-22(27)18(14-24)13-16-5-7-19(8-6-16)28-15-17-9-11-25-12-10-17/h1-13H,15H2,(H,26,27)/b18-13+. The van der Waals surface area contributed by atoms with E-state index in [-0.39, 0.29) is 5.57 Å². The number of benzene rings is 2. The van der Waals surface area contributed by atoms with Crippen LogP contribution in [0.2, 0.25) is 0 Å². The first-order valence-electron chi connectivity index (χ1n) is 8.45. The molecule has 1 aromatic heterocycles. The second-order valence-electron chi connectivity index (χ2n) is 5.82. The minimum Gasteiger partial charge on any atom is -0.489 e. The fourth-order valence-corrected chi connectivity index (χ4v) is 2.76. The summed E-state index contributed by atoms with van der Waals surface area (Å²) in [5.41, 5.74) is 2.37. The number of pyridine rings is 1. The smallest absolute Gasteiger partial charge is 0.266 e. The number of amides is 1. The summed E-state index contributed by atoms with van der Waals surface area (Å²) in [6, 6.07) is 20.1. The highest BCUT2D eigenvalue weighted by Crippen LogP contribution is 2.22. The monoisotopic (exact) mass is 433 g/mol. The van der Waals surface area contributed by atoms with E-state index in [1.54, 1.807) is 54.9 Å². The molecule has 0 saturated heterocycles. The number of carbonyl (C=O) groups is 1. The first kappa shape index (κ1) is 19.3. The van der Waals surface area contributed by atoms with Gasteiger partial charge in [-0.25, -0.2) is 0 Å². The average molecular weight is 434 g/mol. The first-order valence-corrected chi connectivity index (χ1v) is 9.24. The fraction of sp³-hybridized carbons (Fsp3) is 0.0455. The molecule has 0 bridgehead atoms. The van der Waals surface area contributed by atoms with E-state index in [0.717, 1.165) is 15.6 Å². The summed E-state index contributed by atoms with van der Waals surface area (Å²) in [7, 11) is 0. The number of carbonyl (C=O) groups excluding carboxylic acids is 1. The quantitative estimate of drug-likeness (QED) is 0.439. The Bertz CT molecular complexity index is 1030. The van der Waals surface area contributed by atoms with Crippen LogP contribution < -0.4 is 10.1 Å². The topological polar surface area (TPSA) is 75.0 Å². The van der Waals surface area contributed by atoms with E-state index in [0.29, 0.717) is 18.0 Å². The van der Waals surface area contributed by atoms with E-state index in [1.165, 1.54) is 0 Å². The van der Waals surface area contributed by atoms with Gasteiger partial charge >= 0.3 is 0 Å². The van der Waals surface area contributed by atoms with Crippen LogP contribution in [0.3, 0.4) is 0 Å². The number of nitrogens with one attached hydrogen (secondary N) is 1. The lowest BCUT2D eigenvalue weighted by Gasteiger charge is -2.07. The summed E-state index contributed by atoms with van der Waals surface area (Å²) in [5.74, 6) is 0.234. The van der Waals surface area contributed by atoms with Crippen LogP contribution in [0.25, 0.3) is 6.08 Å². The van der Waals surface area contributed by atoms with Crippen molar-refractivity contribution in [2.24, 2.45) is 0 Å². The number of anilines is 1. The van der Waals surface area contributed by atoms with Crippen molar-refractivity contribution >= 4 is 33.6 Å². The van der Waals surface area contributed by atoms with E-state index >= 15 is 0 Å². The average Bonchev–Trinajstić information content (AvgIpc) is 2.73. The zero-order valence-electron chi connectivity index (χ0n) is 14.8. The van der Waals surface area contributed by atoms with Crippen molar-refractivity contribution in [2.75, 3.05) is 5.32 Å². The number of hydrogen-bond donors (Lipinski definition) is 1. The number of nitrogens with zero attached hydrogens (tertiary/aromatic N) is 2. The Labute approximate surface area is 171 Å². The number of nitriles is 1. The van der Waals surface area contributed by atoms with Crippen molar-refractivity contribution in [1.29, 1.82) is 5.26 Å². The fourth-order valence-electron chi connectivity index (χ4n) is 2.37. The third-order valence-corrected chi connectivity index (χ3v) is 4.52. The Morgan fingerprint density at radius 1 is 1.11 bits per heavy atom. The van der Waals surface area contributed by atoms with Crippen LogP contribution in [-0.4, -0.2) is 10.9 Å². The third kappa shape index (κ3) is 5.29. The van der Waals surface area contributed by atoms with Crippen LogP contribution in [0.15, 0.2) is 83.1 Å². The molecule has 0 unspecified atom stereocenters. The van der Waals surface area contributed by atoms with Crippen LogP contribution in [0.4, 0.5) is 5.69 Å². The third-order valence-electron chi connectivity index (χ3n) is 3.83. The van der Waals surface area contributed by atoms with Crippen LogP contribution in [0, 0.1) is 11.3 Å². The lowest BCUT2D eigenvalue weighted by molar-refractivity contribution is -0.112. The van der Waals surface area contributed by atoms with Gasteiger partial charge in [-0.1, -0.05) is 24.3 Å². The lowest BCUT2D eigenvalue weighted by Crippen LogP contribution is -2.13. The molecule has 1 amide bonds. The molecule has 1 heterocycles. The molecule has 0 saturated carbocycles. The number of rotatable bonds is 6. The van der Waals surface area contributed by atoms with Gasteiger partial charge in [-0.3, -0.25) is 9.78 Å².